The second-order valence-corrected chi connectivity index (χ2v) is 7.26. The topological polar surface area (TPSA) is 74.3 Å². The molecule has 142 valence electrons. The quantitative estimate of drug-likeness (QED) is 0.593. The van der Waals surface area contributed by atoms with Gasteiger partial charge in [0.15, 0.2) is 6.54 Å². The van der Waals surface area contributed by atoms with Crippen molar-refractivity contribution in [3.63, 3.8) is 0 Å². The summed E-state index contributed by atoms with van der Waals surface area (Å²) in [6.45, 7) is 6.85. The highest BCUT2D eigenvalue weighted by molar-refractivity contribution is 5.77. The molecule has 1 N–H and O–H groups in total. The average molecular weight is 376 g/mol. The minimum atomic E-state index is 0.385. The van der Waals surface area contributed by atoms with Crippen molar-refractivity contribution in [2.24, 2.45) is 0 Å². The zero-order chi connectivity index (χ0) is 19.1. The van der Waals surface area contributed by atoms with Gasteiger partial charge in [-0.1, -0.05) is 35.5 Å². The molecule has 0 saturated carbocycles. The van der Waals surface area contributed by atoms with Crippen molar-refractivity contribution in [1.82, 2.24) is 19.9 Å². The largest absolute Gasteiger partial charge is 0.415 e. The highest BCUT2D eigenvalue weighted by atomic mass is 16.5. The van der Waals surface area contributed by atoms with E-state index in [4.69, 9.17) is 8.94 Å². The fourth-order valence-electron chi connectivity index (χ4n) is 3.99. The number of hydrogen-bond acceptors (Lipinski definition) is 5. The Morgan fingerprint density at radius 3 is 2.86 bits per heavy atom. The Morgan fingerprint density at radius 2 is 2.00 bits per heavy atom. The molecule has 1 unspecified atom stereocenters. The lowest BCUT2D eigenvalue weighted by Crippen LogP contribution is -3.12. The third kappa shape index (κ3) is 2.84. The van der Waals surface area contributed by atoms with Crippen molar-refractivity contribution in [3.05, 3.63) is 66.0 Å². The highest BCUT2D eigenvalue weighted by Crippen LogP contribution is 2.33. The molecule has 1 aliphatic rings. The Balaban J connectivity index is 1.42. The van der Waals surface area contributed by atoms with Gasteiger partial charge in [0.2, 0.25) is 0 Å². The molecule has 0 amide bonds. The predicted octanol–water partition coefficient (Wildman–Crippen LogP) is 2.66. The van der Waals surface area contributed by atoms with E-state index in [2.05, 4.69) is 45.2 Å². The van der Waals surface area contributed by atoms with Gasteiger partial charge in [0.05, 0.1) is 18.8 Å². The van der Waals surface area contributed by atoms with Gasteiger partial charge in [0.25, 0.3) is 11.8 Å². The summed E-state index contributed by atoms with van der Waals surface area (Å²) >= 11 is 0. The molecule has 5 rings (SSSR count). The molecule has 28 heavy (non-hydrogen) atoms. The SMILES string of the molecule is Cc1onc(-c2ccccc2)c1-c1nnc(C[NH+]2CCn3cccc3[C@H]2C)o1. The number of hydrogen-bond donors (Lipinski definition) is 1. The second-order valence-electron chi connectivity index (χ2n) is 7.26. The minimum absolute atomic E-state index is 0.385. The van der Waals surface area contributed by atoms with E-state index in [1.165, 1.54) is 10.6 Å². The third-order valence-electron chi connectivity index (χ3n) is 5.56. The Kier molecular flexibility index (Phi) is 4.09. The maximum atomic E-state index is 6.04. The fourth-order valence-corrected chi connectivity index (χ4v) is 3.99. The van der Waals surface area contributed by atoms with E-state index in [-0.39, 0.29) is 0 Å². The Morgan fingerprint density at radius 1 is 1.14 bits per heavy atom. The molecule has 4 aromatic rings. The van der Waals surface area contributed by atoms with E-state index in [0.717, 1.165) is 29.9 Å². The van der Waals surface area contributed by atoms with Crippen LogP contribution in [0.15, 0.2) is 57.6 Å². The minimum Gasteiger partial charge on any atom is -0.415 e. The monoisotopic (exact) mass is 376 g/mol. The summed E-state index contributed by atoms with van der Waals surface area (Å²) in [7, 11) is 0. The molecule has 1 aliphatic heterocycles. The first-order valence-electron chi connectivity index (χ1n) is 9.55. The average Bonchev–Trinajstić information content (AvgIpc) is 3.44. The predicted molar refractivity (Wildman–Crippen MR) is 102 cm³/mol. The molecule has 7 nitrogen and oxygen atoms in total. The first-order chi connectivity index (χ1) is 13.7. The number of rotatable bonds is 4. The Labute approximate surface area is 162 Å². The number of aryl methyl sites for hydroxylation is 1. The molecule has 0 bridgehead atoms. The Bertz CT molecular complexity index is 1100. The lowest BCUT2D eigenvalue weighted by atomic mass is 10.1. The molecule has 0 saturated heterocycles. The van der Waals surface area contributed by atoms with E-state index in [9.17, 15) is 0 Å². The van der Waals surface area contributed by atoms with Crippen LogP contribution in [-0.2, 0) is 13.1 Å². The van der Waals surface area contributed by atoms with Crippen molar-refractivity contribution in [1.29, 1.82) is 0 Å². The number of fused-ring (bicyclic) bond motifs is 1. The Hall–Kier alpha value is -3.19. The number of quaternary nitrogens is 1. The molecule has 0 spiro atoms. The molecule has 0 radical (unpaired) electrons. The van der Waals surface area contributed by atoms with E-state index in [0.29, 0.717) is 30.1 Å². The van der Waals surface area contributed by atoms with Crippen molar-refractivity contribution in [3.8, 4) is 22.7 Å². The third-order valence-corrected chi connectivity index (χ3v) is 5.56. The second kappa shape index (κ2) is 6.76. The molecule has 4 heterocycles. The molecule has 0 aliphatic carbocycles. The number of benzene rings is 1. The van der Waals surface area contributed by atoms with Gasteiger partial charge >= 0.3 is 0 Å². The van der Waals surface area contributed by atoms with Crippen LogP contribution in [0.1, 0.15) is 30.3 Å². The van der Waals surface area contributed by atoms with E-state index in [1.807, 2.05) is 37.3 Å². The summed E-state index contributed by atoms with van der Waals surface area (Å²) in [6, 6.07) is 14.6. The molecule has 2 atom stereocenters. The first kappa shape index (κ1) is 16.9. The normalized spacial score (nSPS) is 18.9. The van der Waals surface area contributed by atoms with Gasteiger partial charge in [0.1, 0.15) is 23.1 Å². The molecular weight excluding hydrogens is 354 g/mol. The zero-order valence-electron chi connectivity index (χ0n) is 15.9. The van der Waals surface area contributed by atoms with Crippen LogP contribution in [0.25, 0.3) is 22.7 Å². The summed E-state index contributed by atoms with van der Waals surface area (Å²) in [5, 5.41) is 12.8. The van der Waals surface area contributed by atoms with Crippen LogP contribution in [0.3, 0.4) is 0 Å². The van der Waals surface area contributed by atoms with Crippen LogP contribution >= 0.6 is 0 Å². The van der Waals surface area contributed by atoms with Crippen LogP contribution < -0.4 is 4.90 Å². The molecule has 7 heteroatoms. The smallest absolute Gasteiger partial charge is 0.271 e. The van der Waals surface area contributed by atoms with Crippen molar-refractivity contribution in [2.75, 3.05) is 6.54 Å². The summed E-state index contributed by atoms with van der Waals surface area (Å²) in [6.07, 6.45) is 2.15. The van der Waals surface area contributed by atoms with Crippen molar-refractivity contribution in [2.45, 2.75) is 33.0 Å². The molecule has 1 aromatic carbocycles. The van der Waals surface area contributed by atoms with Crippen LogP contribution in [0, 0.1) is 6.92 Å². The van der Waals surface area contributed by atoms with Crippen molar-refractivity contribution < 1.29 is 13.8 Å². The summed E-state index contributed by atoms with van der Waals surface area (Å²) < 4.78 is 13.8. The summed E-state index contributed by atoms with van der Waals surface area (Å²) in [5.74, 6) is 1.77. The molecule has 3 aromatic heterocycles. The van der Waals surface area contributed by atoms with Crippen LogP contribution in [-0.4, -0.2) is 26.5 Å². The fraction of sp³-hybridized carbons (Fsp3) is 0.286. The number of aromatic nitrogens is 4. The van der Waals surface area contributed by atoms with Gasteiger partial charge in [-0.15, -0.1) is 10.2 Å². The zero-order valence-corrected chi connectivity index (χ0v) is 15.9. The highest BCUT2D eigenvalue weighted by Gasteiger charge is 2.29. The van der Waals surface area contributed by atoms with Gasteiger partial charge in [-0.2, -0.15) is 0 Å². The van der Waals surface area contributed by atoms with Crippen LogP contribution in [0.2, 0.25) is 0 Å². The standard InChI is InChI=1S/C21H21N5O2/c1-14-17-9-6-10-25(17)11-12-26(14)13-18-22-23-21(27-18)19-15(2)28-24-20(19)16-7-4-3-5-8-16/h3-10,14H,11-13H2,1-2H3/p+1/t14-/m1/s1. The van der Waals surface area contributed by atoms with Gasteiger partial charge < -0.3 is 18.4 Å². The van der Waals surface area contributed by atoms with E-state index in [1.54, 1.807) is 0 Å². The summed E-state index contributed by atoms with van der Waals surface area (Å²) in [5.41, 5.74) is 3.80. The maximum absolute atomic E-state index is 6.04. The van der Waals surface area contributed by atoms with E-state index < -0.39 is 0 Å². The van der Waals surface area contributed by atoms with Gasteiger partial charge in [0, 0.05) is 11.8 Å². The molecule has 0 fully saturated rings. The summed E-state index contributed by atoms with van der Waals surface area (Å²) in [4.78, 5) is 1.42. The van der Waals surface area contributed by atoms with Crippen LogP contribution in [0.4, 0.5) is 0 Å². The lowest BCUT2D eigenvalue weighted by molar-refractivity contribution is -0.948. The molecular formula is C21H22N5O2+. The number of nitrogens with one attached hydrogen (secondary N) is 1. The maximum Gasteiger partial charge on any atom is 0.271 e. The first-order valence-corrected chi connectivity index (χ1v) is 9.55. The van der Waals surface area contributed by atoms with Gasteiger partial charge in [-0.25, -0.2) is 0 Å². The number of nitrogens with zero attached hydrogens (tertiary/aromatic N) is 4. The van der Waals surface area contributed by atoms with Crippen molar-refractivity contribution >= 4 is 0 Å². The van der Waals surface area contributed by atoms with Crippen LogP contribution in [0.5, 0.6) is 0 Å². The lowest BCUT2D eigenvalue weighted by Gasteiger charge is -2.30. The van der Waals surface area contributed by atoms with E-state index >= 15 is 0 Å². The van der Waals surface area contributed by atoms with Gasteiger partial charge in [-0.3, -0.25) is 0 Å². The van der Waals surface area contributed by atoms with Gasteiger partial charge in [-0.05, 0) is 26.0 Å².